The molecule has 0 aliphatic rings. The molecule has 24 heavy (non-hydrogen) atoms. The molecule has 0 aliphatic carbocycles. The lowest BCUT2D eigenvalue weighted by atomic mass is 9.99. The van der Waals surface area contributed by atoms with Crippen molar-refractivity contribution in [1.82, 2.24) is 4.98 Å². The molecule has 0 aliphatic heterocycles. The summed E-state index contributed by atoms with van der Waals surface area (Å²) in [4.78, 5) is 25.9. The van der Waals surface area contributed by atoms with Crippen LogP contribution in [0.1, 0.15) is 40.0 Å². The number of nitrogens with zero attached hydrogens (tertiary/aromatic N) is 1. The molecule has 5 nitrogen and oxygen atoms in total. The van der Waals surface area contributed by atoms with Crippen LogP contribution in [0.4, 0.5) is 13.2 Å². The second-order valence-electron chi connectivity index (χ2n) is 6.00. The van der Waals surface area contributed by atoms with E-state index in [-0.39, 0.29) is 0 Å². The minimum Gasteiger partial charge on any atom is -0.481 e. The zero-order chi connectivity index (χ0) is 18.8. The van der Waals surface area contributed by atoms with Crippen molar-refractivity contribution >= 4 is 11.9 Å². The molecule has 0 saturated carbocycles. The number of hydrogen-bond acceptors (Lipinski definition) is 4. The molecule has 0 bridgehead atoms. The summed E-state index contributed by atoms with van der Waals surface area (Å²) < 4.78 is 40.8. The molecule has 0 amide bonds. The average Bonchev–Trinajstić information content (AvgIpc) is 2.43. The highest BCUT2D eigenvalue weighted by atomic mass is 19.4. The lowest BCUT2D eigenvalue weighted by Gasteiger charge is -2.21. The van der Waals surface area contributed by atoms with E-state index in [0.29, 0.717) is 0 Å². The first-order chi connectivity index (χ1) is 10.9. The summed E-state index contributed by atoms with van der Waals surface area (Å²) in [5.41, 5.74) is -0.788. The van der Waals surface area contributed by atoms with Crippen LogP contribution in [0.15, 0.2) is 30.6 Å². The van der Waals surface area contributed by atoms with Crippen LogP contribution in [-0.2, 0) is 14.3 Å². The normalized spacial score (nSPS) is 12.6. The third-order valence-electron chi connectivity index (χ3n) is 2.53. The smallest absolute Gasteiger partial charge is 0.389 e. The van der Waals surface area contributed by atoms with Crippen molar-refractivity contribution < 1.29 is 32.6 Å². The average molecular weight is 349 g/mol. The zero-order valence-corrected chi connectivity index (χ0v) is 13.8. The first kappa shape index (κ1) is 21.9. The predicted octanol–water partition coefficient (Wildman–Crippen LogP) is 3.84. The Kier molecular flexibility index (Phi) is 9.02. The van der Waals surface area contributed by atoms with E-state index in [0.717, 1.165) is 0 Å². The van der Waals surface area contributed by atoms with Crippen molar-refractivity contribution in [2.24, 2.45) is 5.92 Å². The van der Waals surface area contributed by atoms with Gasteiger partial charge in [-0.25, -0.2) is 0 Å². The quantitative estimate of drug-likeness (QED) is 0.817. The van der Waals surface area contributed by atoms with Gasteiger partial charge in [-0.2, -0.15) is 13.2 Å². The van der Waals surface area contributed by atoms with Gasteiger partial charge in [-0.1, -0.05) is 6.07 Å². The van der Waals surface area contributed by atoms with Crippen LogP contribution in [0.5, 0.6) is 0 Å². The van der Waals surface area contributed by atoms with Gasteiger partial charge >= 0.3 is 18.1 Å². The number of pyridine rings is 1. The standard InChI is InChI=1S/C11H17F3O4.C5H5N/c1-10(2,3)18-8(15)6-7(9(16)17)4-5-11(12,13)14;1-2-4-6-5-3-1/h7H,4-6H2,1-3H3,(H,16,17);1-5H. The highest BCUT2D eigenvalue weighted by Gasteiger charge is 2.32. The Labute approximate surface area is 138 Å². The van der Waals surface area contributed by atoms with E-state index < -0.39 is 48.9 Å². The predicted molar refractivity (Wildman–Crippen MR) is 81.1 cm³/mol. The van der Waals surface area contributed by atoms with E-state index in [1.165, 1.54) is 0 Å². The summed E-state index contributed by atoms with van der Waals surface area (Å²) in [6, 6.07) is 5.72. The second-order valence-corrected chi connectivity index (χ2v) is 6.00. The van der Waals surface area contributed by atoms with Crippen LogP contribution >= 0.6 is 0 Å². The molecule has 0 saturated heterocycles. The SMILES string of the molecule is CC(C)(C)OC(=O)CC(CCC(F)(F)F)C(=O)O.c1ccncc1. The van der Waals surface area contributed by atoms with Gasteiger partial charge in [0.05, 0.1) is 12.3 Å². The maximum absolute atomic E-state index is 12.0. The fourth-order valence-corrected chi connectivity index (χ4v) is 1.55. The van der Waals surface area contributed by atoms with Gasteiger partial charge in [0.1, 0.15) is 5.60 Å². The maximum atomic E-state index is 12.0. The second kappa shape index (κ2) is 9.89. The molecule has 1 N–H and O–H groups in total. The van der Waals surface area contributed by atoms with Gasteiger partial charge < -0.3 is 9.84 Å². The highest BCUT2D eigenvalue weighted by Crippen LogP contribution is 2.26. The van der Waals surface area contributed by atoms with Crippen LogP contribution in [0.2, 0.25) is 0 Å². The van der Waals surface area contributed by atoms with Crippen LogP contribution in [-0.4, -0.2) is 33.8 Å². The molecule has 0 spiro atoms. The number of carbonyl (C=O) groups is 2. The van der Waals surface area contributed by atoms with Gasteiger partial charge in [0.15, 0.2) is 0 Å². The number of carbonyl (C=O) groups excluding carboxylic acids is 1. The molecular weight excluding hydrogens is 327 g/mol. The summed E-state index contributed by atoms with van der Waals surface area (Å²) >= 11 is 0. The van der Waals surface area contributed by atoms with Crippen LogP contribution < -0.4 is 0 Å². The summed E-state index contributed by atoms with van der Waals surface area (Å²) in [5.74, 6) is -3.61. The Hall–Kier alpha value is -2.12. The van der Waals surface area contributed by atoms with Gasteiger partial charge in [-0.05, 0) is 39.3 Å². The molecule has 1 heterocycles. The van der Waals surface area contributed by atoms with Crippen molar-refractivity contribution in [3.05, 3.63) is 30.6 Å². The largest absolute Gasteiger partial charge is 0.481 e. The Morgan fingerprint density at radius 2 is 1.67 bits per heavy atom. The fourth-order valence-electron chi connectivity index (χ4n) is 1.55. The summed E-state index contributed by atoms with van der Waals surface area (Å²) in [5, 5.41) is 8.74. The number of aliphatic carboxylic acids is 1. The molecule has 0 radical (unpaired) electrons. The first-order valence-electron chi connectivity index (χ1n) is 7.27. The van der Waals surface area contributed by atoms with E-state index in [4.69, 9.17) is 9.84 Å². The van der Waals surface area contributed by atoms with Crippen LogP contribution in [0.3, 0.4) is 0 Å². The number of alkyl halides is 3. The monoisotopic (exact) mass is 349 g/mol. The van der Waals surface area contributed by atoms with Gasteiger partial charge in [0, 0.05) is 18.8 Å². The van der Waals surface area contributed by atoms with Gasteiger partial charge in [0.2, 0.25) is 0 Å². The highest BCUT2D eigenvalue weighted by molar-refractivity contribution is 5.78. The van der Waals surface area contributed by atoms with Crippen molar-refractivity contribution in [3.63, 3.8) is 0 Å². The maximum Gasteiger partial charge on any atom is 0.389 e. The summed E-state index contributed by atoms with van der Waals surface area (Å²) in [6.07, 6.45) is -3.34. The molecule has 0 aromatic carbocycles. The minimum absolute atomic E-state index is 0.553. The van der Waals surface area contributed by atoms with E-state index in [1.807, 2.05) is 18.2 Å². The first-order valence-corrected chi connectivity index (χ1v) is 7.27. The number of esters is 1. The van der Waals surface area contributed by atoms with Crippen LogP contribution in [0.25, 0.3) is 0 Å². The summed E-state index contributed by atoms with van der Waals surface area (Å²) in [7, 11) is 0. The number of halogens is 3. The van der Waals surface area contributed by atoms with Crippen molar-refractivity contribution in [3.8, 4) is 0 Å². The zero-order valence-electron chi connectivity index (χ0n) is 13.8. The van der Waals surface area contributed by atoms with Crippen molar-refractivity contribution in [2.75, 3.05) is 0 Å². The Morgan fingerprint density at radius 3 is 1.96 bits per heavy atom. The van der Waals surface area contributed by atoms with E-state index in [9.17, 15) is 22.8 Å². The fraction of sp³-hybridized carbons (Fsp3) is 0.562. The Balaban J connectivity index is 0.000000728. The lowest BCUT2D eigenvalue weighted by molar-refractivity contribution is -0.162. The number of ether oxygens (including phenoxy) is 1. The van der Waals surface area contributed by atoms with E-state index in [2.05, 4.69) is 4.98 Å². The molecule has 8 heteroatoms. The molecule has 1 atom stereocenters. The van der Waals surface area contributed by atoms with E-state index >= 15 is 0 Å². The Morgan fingerprint density at radius 1 is 1.12 bits per heavy atom. The molecule has 1 rings (SSSR count). The number of carboxylic acids is 1. The van der Waals surface area contributed by atoms with Crippen LogP contribution in [0, 0.1) is 5.92 Å². The molecule has 1 aromatic heterocycles. The third kappa shape index (κ3) is 13.5. The summed E-state index contributed by atoms with van der Waals surface area (Å²) in [6.45, 7) is 4.78. The Bertz CT molecular complexity index is 472. The number of rotatable bonds is 5. The molecule has 0 fully saturated rings. The molecule has 1 unspecified atom stereocenters. The lowest BCUT2D eigenvalue weighted by Crippen LogP contribution is -2.28. The van der Waals surface area contributed by atoms with E-state index in [1.54, 1.807) is 33.2 Å². The molecular formula is C16H22F3NO4. The molecule has 136 valence electrons. The third-order valence-corrected chi connectivity index (χ3v) is 2.53. The number of aromatic nitrogens is 1. The topological polar surface area (TPSA) is 76.5 Å². The molecule has 1 aromatic rings. The minimum atomic E-state index is -4.43. The van der Waals surface area contributed by atoms with Gasteiger partial charge in [0.25, 0.3) is 0 Å². The number of hydrogen-bond donors (Lipinski definition) is 1. The van der Waals surface area contributed by atoms with Crippen molar-refractivity contribution in [1.29, 1.82) is 0 Å². The van der Waals surface area contributed by atoms with Gasteiger partial charge in [-0.3, -0.25) is 14.6 Å². The number of carboxylic acid groups (broad SMARTS) is 1. The van der Waals surface area contributed by atoms with Crippen molar-refractivity contribution in [2.45, 2.75) is 51.8 Å². The van der Waals surface area contributed by atoms with Gasteiger partial charge in [-0.15, -0.1) is 0 Å².